The number of nitrogens with zero attached hydrogens (tertiary/aromatic N) is 2. The summed E-state index contributed by atoms with van der Waals surface area (Å²) in [4.78, 5) is 8.02. The molecule has 0 radical (unpaired) electrons. The maximum Gasteiger partial charge on any atom is 0.0328 e. The summed E-state index contributed by atoms with van der Waals surface area (Å²) in [6.45, 7) is 4.69. The Labute approximate surface area is 127 Å². The van der Waals surface area contributed by atoms with Gasteiger partial charge in [-0.05, 0) is 58.5 Å². The Morgan fingerprint density at radius 1 is 1.25 bits per heavy atom. The summed E-state index contributed by atoms with van der Waals surface area (Å²) in [7, 11) is 4.42. The van der Waals surface area contributed by atoms with Crippen LogP contribution in [0, 0.1) is 0 Å². The summed E-state index contributed by atoms with van der Waals surface area (Å²) >= 11 is 1.99. The first-order valence-corrected chi connectivity index (χ1v) is 8.72. The predicted molar refractivity (Wildman–Crippen MR) is 86.2 cm³/mol. The molecule has 1 aromatic heterocycles. The third-order valence-corrected chi connectivity index (χ3v) is 5.52. The van der Waals surface area contributed by atoms with Gasteiger partial charge in [-0.25, -0.2) is 0 Å². The van der Waals surface area contributed by atoms with E-state index < -0.39 is 0 Å². The van der Waals surface area contributed by atoms with Gasteiger partial charge in [0, 0.05) is 41.5 Å². The lowest BCUT2D eigenvalue weighted by molar-refractivity contribution is 0.129. The molecule has 1 unspecified atom stereocenters. The molecule has 112 valence electrons. The third kappa shape index (κ3) is 4.04. The van der Waals surface area contributed by atoms with E-state index >= 15 is 0 Å². The first kappa shape index (κ1) is 14.5. The van der Waals surface area contributed by atoms with Gasteiger partial charge in [0.05, 0.1) is 0 Å². The van der Waals surface area contributed by atoms with Crippen LogP contribution in [0.1, 0.15) is 35.4 Å². The van der Waals surface area contributed by atoms with Crippen molar-refractivity contribution >= 4 is 11.3 Å². The standard InChI is InChI=1S/C16H27N3S/c1-18(2)14-4-3-9-19(11-14)12-16-8-7-15(20-16)10-17-13-5-6-13/h7-8,13-14,17H,3-6,9-12H2,1-2H3. The Balaban J connectivity index is 1.49. The third-order valence-electron chi connectivity index (χ3n) is 4.45. The fourth-order valence-electron chi connectivity index (χ4n) is 2.95. The van der Waals surface area contributed by atoms with Gasteiger partial charge >= 0.3 is 0 Å². The van der Waals surface area contributed by atoms with Crippen LogP contribution in [0.3, 0.4) is 0 Å². The van der Waals surface area contributed by atoms with E-state index in [-0.39, 0.29) is 0 Å². The number of nitrogens with one attached hydrogen (secondary N) is 1. The molecule has 1 aliphatic carbocycles. The van der Waals surface area contributed by atoms with Crippen LogP contribution in [0.4, 0.5) is 0 Å². The summed E-state index contributed by atoms with van der Waals surface area (Å²) in [5, 5.41) is 3.60. The van der Waals surface area contributed by atoms with Gasteiger partial charge in [0.1, 0.15) is 0 Å². The molecule has 2 fully saturated rings. The van der Waals surface area contributed by atoms with Gasteiger partial charge in [-0.1, -0.05) is 0 Å². The Bertz CT molecular complexity index is 425. The molecule has 3 rings (SSSR count). The normalized spacial score (nSPS) is 24.4. The van der Waals surface area contributed by atoms with E-state index in [1.807, 2.05) is 11.3 Å². The molecule has 1 aliphatic heterocycles. The van der Waals surface area contributed by atoms with E-state index in [0.717, 1.165) is 25.2 Å². The molecule has 1 atom stereocenters. The highest BCUT2D eigenvalue weighted by molar-refractivity contribution is 7.11. The number of likely N-dealkylation sites (tertiary alicyclic amines) is 1. The molecular formula is C16H27N3S. The second-order valence-electron chi connectivity index (χ2n) is 6.52. The molecule has 2 aliphatic rings. The molecule has 20 heavy (non-hydrogen) atoms. The van der Waals surface area contributed by atoms with E-state index in [4.69, 9.17) is 0 Å². The number of hydrogen-bond donors (Lipinski definition) is 1. The predicted octanol–water partition coefficient (Wildman–Crippen LogP) is 2.53. The van der Waals surface area contributed by atoms with Crippen LogP contribution >= 0.6 is 11.3 Å². The van der Waals surface area contributed by atoms with Crippen molar-refractivity contribution in [2.24, 2.45) is 0 Å². The molecule has 1 aromatic rings. The smallest absolute Gasteiger partial charge is 0.0328 e. The number of thiophene rings is 1. The maximum atomic E-state index is 3.60. The molecule has 1 N–H and O–H groups in total. The van der Waals surface area contributed by atoms with E-state index in [2.05, 4.69) is 41.3 Å². The van der Waals surface area contributed by atoms with Crippen molar-refractivity contribution in [3.63, 3.8) is 0 Å². The van der Waals surface area contributed by atoms with Crippen LogP contribution in [0.15, 0.2) is 12.1 Å². The number of hydrogen-bond acceptors (Lipinski definition) is 4. The first-order valence-electron chi connectivity index (χ1n) is 7.90. The monoisotopic (exact) mass is 293 g/mol. The van der Waals surface area contributed by atoms with Crippen molar-refractivity contribution in [2.45, 2.75) is 50.9 Å². The molecular weight excluding hydrogens is 266 g/mol. The number of rotatable bonds is 6. The molecule has 0 bridgehead atoms. The van der Waals surface area contributed by atoms with Crippen molar-refractivity contribution in [1.82, 2.24) is 15.1 Å². The summed E-state index contributed by atoms with van der Waals surface area (Å²) in [5.74, 6) is 0. The molecule has 4 heteroatoms. The zero-order valence-corrected chi connectivity index (χ0v) is 13.6. The van der Waals surface area contributed by atoms with E-state index in [0.29, 0.717) is 0 Å². The topological polar surface area (TPSA) is 18.5 Å². The van der Waals surface area contributed by atoms with Crippen molar-refractivity contribution in [2.75, 3.05) is 27.2 Å². The molecule has 0 aromatic carbocycles. The Kier molecular flexibility index (Phi) is 4.76. The Morgan fingerprint density at radius 3 is 2.80 bits per heavy atom. The molecule has 0 amide bonds. The van der Waals surface area contributed by atoms with Crippen molar-refractivity contribution in [1.29, 1.82) is 0 Å². The summed E-state index contributed by atoms with van der Waals surface area (Å²) < 4.78 is 0. The average Bonchev–Trinajstić information content (AvgIpc) is 3.17. The van der Waals surface area contributed by atoms with Crippen LogP contribution in [-0.4, -0.2) is 49.1 Å². The number of likely N-dealkylation sites (N-methyl/N-ethyl adjacent to an activating group) is 1. The Morgan fingerprint density at radius 2 is 2.05 bits per heavy atom. The summed E-state index contributed by atoms with van der Waals surface area (Å²) in [6.07, 6.45) is 5.44. The van der Waals surface area contributed by atoms with E-state index in [1.54, 1.807) is 0 Å². The number of piperidine rings is 1. The molecule has 2 heterocycles. The lowest BCUT2D eigenvalue weighted by Gasteiger charge is -2.35. The van der Waals surface area contributed by atoms with Gasteiger partial charge in [-0.3, -0.25) is 4.90 Å². The zero-order valence-electron chi connectivity index (χ0n) is 12.8. The highest BCUT2D eigenvalue weighted by Crippen LogP contribution is 2.23. The van der Waals surface area contributed by atoms with Gasteiger partial charge in [0.2, 0.25) is 0 Å². The fraction of sp³-hybridized carbons (Fsp3) is 0.750. The molecule has 1 saturated carbocycles. The van der Waals surface area contributed by atoms with Gasteiger partial charge in [-0.15, -0.1) is 11.3 Å². The van der Waals surface area contributed by atoms with Crippen LogP contribution in [-0.2, 0) is 13.1 Å². The van der Waals surface area contributed by atoms with Crippen LogP contribution in [0.2, 0.25) is 0 Å². The lowest BCUT2D eigenvalue weighted by Crippen LogP contribution is -2.44. The van der Waals surface area contributed by atoms with Crippen molar-refractivity contribution in [3.8, 4) is 0 Å². The minimum absolute atomic E-state index is 0.736. The Hall–Kier alpha value is -0.420. The lowest BCUT2D eigenvalue weighted by atomic mass is 10.1. The van der Waals surface area contributed by atoms with Crippen molar-refractivity contribution in [3.05, 3.63) is 21.9 Å². The zero-order chi connectivity index (χ0) is 13.9. The SMILES string of the molecule is CN(C)C1CCCN(Cc2ccc(CNC3CC3)s2)C1. The van der Waals surface area contributed by atoms with E-state index in [9.17, 15) is 0 Å². The van der Waals surface area contributed by atoms with Gasteiger partial charge in [-0.2, -0.15) is 0 Å². The minimum atomic E-state index is 0.736. The molecule has 3 nitrogen and oxygen atoms in total. The van der Waals surface area contributed by atoms with Crippen LogP contribution in [0.5, 0.6) is 0 Å². The quantitative estimate of drug-likeness (QED) is 0.869. The highest BCUT2D eigenvalue weighted by Gasteiger charge is 2.22. The second kappa shape index (κ2) is 6.56. The van der Waals surface area contributed by atoms with Gasteiger partial charge in [0.25, 0.3) is 0 Å². The fourth-order valence-corrected chi connectivity index (χ4v) is 3.96. The molecule has 1 saturated heterocycles. The van der Waals surface area contributed by atoms with Gasteiger partial charge in [0.15, 0.2) is 0 Å². The minimum Gasteiger partial charge on any atom is -0.309 e. The summed E-state index contributed by atoms with van der Waals surface area (Å²) in [6, 6.07) is 6.18. The van der Waals surface area contributed by atoms with Gasteiger partial charge < -0.3 is 10.2 Å². The second-order valence-corrected chi connectivity index (χ2v) is 7.77. The van der Waals surface area contributed by atoms with Crippen LogP contribution < -0.4 is 5.32 Å². The first-order chi connectivity index (χ1) is 9.70. The largest absolute Gasteiger partial charge is 0.309 e. The highest BCUT2D eigenvalue weighted by atomic mass is 32.1. The average molecular weight is 293 g/mol. The maximum absolute atomic E-state index is 3.60. The molecule has 0 spiro atoms. The van der Waals surface area contributed by atoms with E-state index in [1.165, 1.54) is 48.5 Å². The van der Waals surface area contributed by atoms with Crippen molar-refractivity contribution < 1.29 is 0 Å². The summed E-state index contributed by atoms with van der Waals surface area (Å²) in [5.41, 5.74) is 0. The van der Waals surface area contributed by atoms with Crippen LogP contribution in [0.25, 0.3) is 0 Å².